The van der Waals surface area contributed by atoms with Crippen LogP contribution in [0.1, 0.15) is 37.9 Å². The Bertz CT molecular complexity index is 2130. The number of amides is 3. The molecule has 0 radical (unpaired) electrons. The fourth-order valence-corrected chi connectivity index (χ4v) is 6.83. The maximum atomic E-state index is 13.7. The number of thiazole rings is 1. The van der Waals surface area contributed by atoms with Crippen molar-refractivity contribution in [1.29, 1.82) is 0 Å². The minimum absolute atomic E-state index is 0.108. The minimum atomic E-state index is -0.555. The largest absolute Gasteiger partial charge is 0.321 e. The normalized spacial score (nSPS) is 11.8. The summed E-state index contributed by atoms with van der Waals surface area (Å²) in [5.41, 5.74) is 6.72. The first-order valence-corrected chi connectivity index (χ1v) is 17.7. The highest BCUT2D eigenvalue weighted by molar-refractivity contribution is 8.00. The molecule has 0 fully saturated rings. The summed E-state index contributed by atoms with van der Waals surface area (Å²) in [6.45, 7) is 4.00. The second-order valence-corrected chi connectivity index (χ2v) is 13.6. The molecule has 0 spiro atoms. The van der Waals surface area contributed by atoms with Crippen LogP contribution in [-0.2, 0) is 9.59 Å². The van der Waals surface area contributed by atoms with Crippen LogP contribution in [0.2, 0.25) is 0 Å². The third-order valence-electron chi connectivity index (χ3n) is 7.67. The van der Waals surface area contributed by atoms with Gasteiger partial charge in [0.25, 0.3) is 11.8 Å². The molecule has 0 saturated carbocycles. The second kappa shape index (κ2) is 16.1. The number of hydrogen-bond donors (Lipinski definition) is 3. The number of aryl methyl sites for hydroxylation is 2. The lowest BCUT2D eigenvalue weighted by Gasteiger charge is -2.17. The maximum absolute atomic E-state index is 13.7. The minimum Gasteiger partial charge on any atom is -0.321 e. The molecule has 1 aromatic heterocycles. The van der Waals surface area contributed by atoms with E-state index in [-0.39, 0.29) is 17.5 Å². The fourth-order valence-electron chi connectivity index (χ4n) is 5.08. The summed E-state index contributed by atoms with van der Waals surface area (Å²) in [4.78, 5) is 45.7. The van der Waals surface area contributed by atoms with Crippen molar-refractivity contribution in [3.63, 3.8) is 0 Å². The molecule has 6 rings (SSSR count). The number of anilines is 2. The summed E-state index contributed by atoms with van der Waals surface area (Å²) in [5, 5.41) is 10.6. The van der Waals surface area contributed by atoms with Crippen LogP contribution in [0.3, 0.4) is 0 Å². The maximum Gasteiger partial charge on any atom is 0.272 e. The molecule has 9 heteroatoms. The van der Waals surface area contributed by atoms with Gasteiger partial charge in [-0.15, -0.1) is 23.1 Å². The molecule has 1 heterocycles. The van der Waals surface area contributed by atoms with Crippen LogP contribution >= 0.6 is 23.1 Å². The Morgan fingerprint density at radius 1 is 0.740 bits per heavy atom. The highest BCUT2D eigenvalue weighted by Gasteiger charge is 2.23. The van der Waals surface area contributed by atoms with E-state index in [2.05, 4.69) is 20.9 Å². The average molecular weight is 695 g/mol. The summed E-state index contributed by atoms with van der Waals surface area (Å²) in [6.07, 6.45) is 1.66. The van der Waals surface area contributed by atoms with Gasteiger partial charge in [-0.05, 0) is 67.4 Å². The van der Waals surface area contributed by atoms with E-state index in [0.717, 1.165) is 32.8 Å². The molecule has 0 saturated heterocycles. The molecule has 5 aromatic carbocycles. The molecule has 248 valence electrons. The van der Waals surface area contributed by atoms with Crippen LogP contribution in [0.25, 0.3) is 17.3 Å². The first kappa shape index (κ1) is 34.1. The van der Waals surface area contributed by atoms with Gasteiger partial charge in [-0.2, -0.15) is 0 Å². The molecule has 0 aliphatic heterocycles. The van der Waals surface area contributed by atoms with Crippen LogP contribution in [0.15, 0.2) is 149 Å². The number of thioether (sulfide) groups is 1. The predicted octanol–water partition coefficient (Wildman–Crippen LogP) is 9.31. The van der Waals surface area contributed by atoms with E-state index in [1.54, 1.807) is 42.5 Å². The molecule has 0 bridgehead atoms. The molecule has 3 N–H and O–H groups in total. The van der Waals surface area contributed by atoms with Crippen LogP contribution in [-0.4, -0.2) is 22.7 Å². The van der Waals surface area contributed by atoms with E-state index in [0.29, 0.717) is 16.4 Å². The van der Waals surface area contributed by atoms with Gasteiger partial charge in [0.2, 0.25) is 5.91 Å². The number of benzene rings is 5. The number of carbonyl (C=O) groups is 3. The predicted molar refractivity (Wildman–Crippen MR) is 204 cm³/mol. The average Bonchev–Trinajstić information content (AvgIpc) is 3.60. The van der Waals surface area contributed by atoms with Gasteiger partial charge in [-0.1, -0.05) is 108 Å². The molecule has 6 aromatic rings. The molecular formula is C41H34N4O3S2. The highest BCUT2D eigenvalue weighted by Crippen LogP contribution is 2.37. The first-order valence-electron chi connectivity index (χ1n) is 15.9. The number of rotatable bonds is 11. The Balaban J connectivity index is 1.17. The standard InChI is InChI=1S/C41H34N4O3S2/c1-27-16-18-30(19-17-27)36-26-49-41(44-36)45-40(48)37(31-12-5-3-6-13-31)50-34-22-20-33(21-23-34)42-39(47)35(25-29-11-9-10-28(2)24-29)43-38(46)32-14-7-4-8-15-32/h3-26,37H,1-2H3,(H,42,47)(H,43,46)(H,44,45,48)/b35-25-. The summed E-state index contributed by atoms with van der Waals surface area (Å²) < 4.78 is 0. The van der Waals surface area contributed by atoms with Crippen molar-refractivity contribution in [2.45, 2.75) is 24.0 Å². The zero-order chi connectivity index (χ0) is 34.9. The van der Waals surface area contributed by atoms with Gasteiger partial charge in [-0.3, -0.25) is 14.4 Å². The molecule has 3 amide bonds. The summed E-state index contributed by atoms with van der Waals surface area (Å²) in [7, 11) is 0. The van der Waals surface area contributed by atoms with Crippen LogP contribution in [0, 0.1) is 13.8 Å². The number of aromatic nitrogens is 1. The molecule has 0 aliphatic carbocycles. The van der Waals surface area contributed by atoms with Crippen LogP contribution in [0.4, 0.5) is 10.8 Å². The Kier molecular flexibility index (Phi) is 11.0. The molecule has 50 heavy (non-hydrogen) atoms. The van der Waals surface area contributed by atoms with Gasteiger partial charge in [0.05, 0.1) is 5.69 Å². The van der Waals surface area contributed by atoms with Crippen LogP contribution < -0.4 is 16.0 Å². The lowest BCUT2D eigenvalue weighted by molar-refractivity contribution is -0.116. The van der Waals surface area contributed by atoms with Gasteiger partial charge in [-0.25, -0.2) is 4.98 Å². The van der Waals surface area contributed by atoms with Crippen molar-refractivity contribution in [3.05, 3.63) is 172 Å². The van der Waals surface area contributed by atoms with Crippen molar-refractivity contribution in [2.75, 3.05) is 10.6 Å². The van der Waals surface area contributed by atoms with E-state index in [9.17, 15) is 14.4 Å². The third kappa shape index (κ3) is 9.02. The highest BCUT2D eigenvalue weighted by atomic mass is 32.2. The van der Waals surface area contributed by atoms with Crippen molar-refractivity contribution < 1.29 is 14.4 Å². The SMILES string of the molecule is Cc1ccc(-c2csc(NC(=O)C(Sc3ccc(NC(=O)/C(=C/c4cccc(C)c4)NC(=O)c4ccccc4)cc3)c3ccccc3)n2)cc1. The molecule has 7 nitrogen and oxygen atoms in total. The lowest BCUT2D eigenvalue weighted by atomic mass is 10.1. The topological polar surface area (TPSA) is 100 Å². The smallest absolute Gasteiger partial charge is 0.272 e. The Hall–Kier alpha value is -5.77. The molecule has 0 aliphatic rings. The zero-order valence-electron chi connectivity index (χ0n) is 27.4. The van der Waals surface area contributed by atoms with Gasteiger partial charge in [0.15, 0.2) is 5.13 Å². The van der Waals surface area contributed by atoms with Gasteiger partial charge >= 0.3 is 0 Å². The summed E-state index contributed by atoms with van der Waals surface area (Å²) in [5.74, 6) is -1.05. The monoisotopic (exact) mass is 694 g/mol. The zero-order valence-corrected chi connectivity index (χ0v) is 29.1. The number of nitrogens with one attached hydrogen (secondary N) is 3. The van der Waals surface area contributed by atoms with E-state index in [1.807, 2.05) is 116 Å². The molecule has 1 unspecified atom stereocenters. The van der Waals surface area contributed by atoms with Gasteiger partial charge in [0.1, 0.15) is 10.9 Å². The van der Waals surface area contributed by atoms with E-state index in [1.165, 1.54) is 28.7 Å². The summed E-state index contributed by atoms with van der Waals surface area (Å²) >= 11 is 2.79. The Labute approximate surface area is 299 Å². The quantitative estimate of drug-likeness (QED) is 0.0928. The van der Waals surface area contributed by atoms with E-state index >= 15 is 0 Å². The number of hydrogen-bond acceptors (Lipinski definition) is 6. The van der Waals surface area contributed by atoms with Crippen molar-refractivity contribution >= 4 is 57.7 Å². The molecular weight excluding hydrogens is 661 g/mol. The lowest BCUT2D eigenvalue weighted by Crippen LogP contribution is -2.30. The van der Waals surface area contributed by atoms with Crippen molar-refractivity contribution in [1.82, 2.24) is 10.3 Å². The van der Waals surface area contributed by atoms with Crippen LogP contribution in [0.5, 0.6) is 0 Å². The first-order chi connectivity index (χ1) is 24.3. The van der Waals surface area contributed by atoms with E-state index < -0.39 is 11.2 Å². The summed E-state index contributed by atoms with van der Waals surface area (Å²) in [6, 6.07) is 41.4. The fraction of sp³-hybridized carbons (Fsp3) is 0.0732. The Morgan fingerprint density at radius 3 is 2.14 bits per heavy atom. The van der Waals surface area contributed by atoms with Gasteiger partial charge in [0, 0.05) is 27.1 Å². The van der Waals surface area contributed by atoms with Crippen molar-refractivity contribution in [2.24, 2.45) is 0 Å². The third-order valence-corrected chi connectivity index (χ3v) is 9.69. The number of nitrogens with zero attached hydrogens (tertiary/aromatic N) is 1. The molecule has 1 atom stereocenters. The van der Waals surface area contributed by atoms with Crippen molar-refractivity contribution in [3.8, 4) is 11.3 Å². The van der Waals surface area contributed by atoms with Gasteiger partial charge < -0.3 is 16.0 Å². The number of carbonyl (C=O) groups excluding carboxylic acids is 3. The second-order valence-electron chi connectivity index (χ2n) is 11.6. The Morgan fingerprint density at radius 2 is 1.44 bits per heavy atom. The van der Waals surface area contributed by atoms with E-state index in [4.69, 9.17) is 0 Å².